The first-order chi connectivity index (χ1) is 27.4. The van der Waals surface area contributed by atoms with Gasteiger partial charge >= 0.3 is 0 Å². The van der Waals surface area contributed by atoms with Gasteiger partial charge in [0.05, 0.1) is 45.0 Å². The molecule has 0 saturated carbocycles. The smallest absolute Gasteiger partial charge is 0.224 e. The van der Waals surface area contributed by atoms with E-state index in [1.807, 2.05) is 38.1 Å². The Morgan fingerprint density at radius 3 is 1.18 bits per heavy atom. The molecule has 6 aromatic heterocycles. The van der Waals surface area contributed by atoms with E-state index in [1.165, 1.54) is 36.4 Å². The third-order valence-electron chi connectivity index (χ3n) is 8.32. The van der Waals surface area contributed by atoms with Crippen molar-refractivity contribution in [2.45, 2.75) is 13.8 Å². The number of hydrogen-bond donors (Lipinski definition) is 1. The highest BCUT2D eigenvalue weighted by molar-refractivity contribution is 6.35. The molecule has 0 fully saturated rings. The van der Waals surface area contributed by atoms with Crippen LogP contribution in [0.2, 0.25) is 15.7 Å². The highest BCUT2D eigenvalue weighted by Gasteiger charge is 2.10. The fourth-order valence-corrected chi connectivity index (χ4v) is 6.26. The van der Waals surface area contributed by atoms with Crippen LogP contribution in [0.15, 0.2) is 109 Å². The van der Waals surface area contributed by atoms with Crippen LogP contribution in [0.3, 0.4) is 0 Å². The number of benzene rings is 3. The number of aryl methyl sites for hydroxylation is 2. The number of nitrogens with two attached hydrogens (primary N) is 1. The molecular formula is C41H26Cl3F3N10. The zero-order valence-corrected chi connectivity index (χ0v) is 32.0. The molecule has 0 aliphatic rings. The first-order valence-electron chi connectivity index (χ1n) is 16.9. The fourth-order valence-electron chi connectivity index (χ4n) is 5.60. The van der Waals surface area contributed by atoms with Gasteiger partial charge in [0.15, 0.2) is 5.15 Å². The zero-order valence-electron chi connectivity index (χ0n) is 29.8. The largest absolute Gasteiger partial charge is 0.368 e. The Balaban J connectivity index is 0.000000131. The topological polar surface area (TPSA) is 142 Å². The second-order valence-corrected chi connectivity index (χ2v) is 13.3. The Labute approximate surface area is 337 Å². The zero-order chi connectivity index (χ0) is 40.2. The average Bonchev–Trinajstić information content (AvgIpc) is 3.19. The number of pyridine rings is 3. The summed E-state index contributed by atoms with van der Waals surface area (Å²) in [6.07, 6.45) is 0. The van der Waals surface area contributed by atoms with Gasteiger partial charge in [0.25, 0.3) is 0 Å². The molecule has 0 bridgehead atoms. The van der Waals surface area contributed by atoms with Crippen molar-refractivity contribution >= 4 is 73.9 Å². The van der Waals surface area contributed by atoms with E-state index in [4.69, 9.17) is 40.5 Å². The van der Waals surface area contributed by atoms with Crippen molar-refractivity contribution in [1.82, 2.24) is 44.9 Å². The van der Waals surface area contributed by atoms with Crippen molar-refractivity contribution in [3.63, 3.8) is 0 Å². The highest BCUT2D eigenvalue weighted by Crippen LogP contribution is 2.26. The van der Waals surface area contributed by atoms with Crippen LogP contribution >= 0.6 is 34.8 Å². The normalized spacial score (nSPS) is 10.9. The van der Waals surface area contributed by atoms with E-state index in [9.17, 15) is 13.2 Å². The third-order valence-corrected chi connectivity index (χ3v) is 8.92. The van der Waals surface area contributed by atoms with Crippen molar-refractivity contribution < 1.29 is 13.2 Å². The molecule has 0 unspecified atom stereocenters. The predicted octanol–water partition coefficient (Wildman–Crippen LogP) is 10.7. The van der Waals surface area contributed by atoms with Gasteiger partial charge in [0.2, 0.25) is 16.5 Å². The minimum Gasteiger partial charge on any atom is -0.368 e. The highest BCUT2D eigenvalue weighted by atomic mass is 35.5. The first kappa shape index (κ1) is 38.8. The summed E-state index contributed by atoms with van der Waals surface area (Å²) in [6, 6.07) is 29.3. The Bertz CT molecular complexity index is 2590. The predicted molar refractivity (Wildman–Crippen MR) is 217 cm³/mol. The van der Waals surface area contributed by atoms with Gasteiger partial charge in [-0.05, 0) is 146 Å². The summed E-state index contributed by atoms with van der Waals surface area (Å²) in [7, 11) is 0. The van der Waals surface area contributed by atoms with Crippen molar-refractivity contribution in [2.75, 3.05) is 5.73 Å². The number of nitrogens with zero attached hydrogens (tertiary/aromatic N) is 9. The molecule has 6 heterocycles. The lowest BCUT2D eigenvalue weighted by Gasteiger charge is -2.05. The maximum absolute atomic E-state index is 12.9. The van der Waals surface area contributed by atoms with E-state index in [-0.39, 0.29) is 39.1 Å². The quantitative estimate of drug-likeness (QED) is 0.135. The molecule has 0 radical (unpaired) electrons. The second-order valence-electron chi connectivity index (χ2n) is 12.2. The minimum absolute atomic E-state index is 0.0776. The molecule has 3 aromatic carbocycles. The SMILES string of the molecule is Cc1nc(Cl)nc2ccc(-c3ccc(F)cc3)nc12.Cc1nc(N)nc2ccc(-c3ccc(F)cc3)nc12.Fc1ccc(-c2ccc3nc(Cl)nc(Cl)c3n2)cc1. The van der Waals surface area contributed by atoms with Crippen LogP contribution in [0.5, 0.6) is 0 Å². The summed E-state index contributed by atoms with van der Waals surface area (Å²) in [4.78, 5) is 37.7. The van der Waals surface area contributed by atoms with E-state index < -0.39 is 0 Å². The molecule has 9 aromatic rings. The molecule has 0 spiro atoms. The van der Waals surface area contributed by atoms with Crippen molar-refractivity contribution in [1.29, 1.82) is 0 Å². The van der Waals surface area contributed by atoms with Crippen LogP contribution in [-0.2, 0) is 0 Å². The van der Waals surface area contributed by atoms with Crippen molar-refractivity contribution in [3.8, 4) is 33.8 Å². The van der Waals surface area contributed by atoms with Gasteiger partial charge in [-0.25, -0.2) is 58.0 Å². The summed E-state index contributed by atoms with van der Waals surface area (Å²) in [5, 5.41) is 0.481. The van der Waals surface area contributed by atoms with Gasteiger partial charge in [-0.1, -0.05) is 11.6 Å². The van der Waals surface area contributed by atoms with E-state index >= 15 is 0 Å². The summed E-state index contributed by atoms with van der Waals surface area (Å²) >= 11 is 17.5. The van der Waals surface area contributed by atoms with Crippen LogP contribution < -0.4 is 5.73 Å². The molecule has 16 heteroatoms. The molecule has 57 heavy (non-hydrogen) atoms. The lowest BCUT2D eigenvalue weighted by atomic mass is 10.1. The van der Waals surface area contributed by atoms with Crippen LogP contribution in [0.1, 0.15) is 11.4 Å². The molecule has 2 N–H and O–H groups in total. The Morgan fingerprint density at radius 2 is 0.737 bits per heavy atom. The van der Waals surface area contributed by atoms with Gasteiger partial charge in [-0.2, -0.15) is 0 Å². The van der Waals surface area contributed by atoms with Gasteiger partial charge in [-0.15, -0.1) is 0 Å². The van der Waals surface area contributed by atoms with Crippen LogP contribution in [0, 0.1) is 31.3 Å². The Morgan fingerprint density at radius 1 is 0.386 bits per heavy atom. The van der Waals surface area contributed by atoms with Crippen LogP contribution in [0.4, 0.5) is 19.1 Å². The summed E-state index contributed by atoms with van der Waals surface area (Å²) in [6.45, 7) is 3.67. The summed E-state index contributed by atoms with van der Waals surface area (Å²) < 4.78 is 38.7. The van der Waals surface area contributed by atoms with E-state index in [0.717, 1.165) is 39.5 Å². The maximum Gasteiger partial charge on any atom is 0.224 e. The second kappa shape index (κ2) is 16.8. The van der Waals surface area contributed by atoms with Crippen molar-refractivity contribution in [3.05, 3.63) is 154 Å². The van der Waals surface area contributed by atoms with Crippen LogP contribution in [0.25, 0.3) is 66.9 Å². The standard InChI is InChI=1S/C14H9ClFN3.C14H11FN4.C13H6Cl2FN3/c1-8-13-12(19-14(15)17-8)7-6-11(18-13)9-2-4-10(16)5-3-9;1-8-13-12(19-14(16)17-8)7-6-11(18-13)9-2-4-10(15)5-3-9;14-12-11-10(18-13(15)19-12)6-5-9(17-11)7-1-3-8(16)4-2-7/h2-7H,1H3;2-7H,1H3,(H2,16,17,19);1-6H. The maximum atomic E-state index is 12.9. The molecule has 9 rings (SSSR count). The monoisotopic (exact) mass is 820 g/mol. The molecule has 0 amide bonds. The van der Waals surface area contributed by atoms with Crippen molar-refractivity contribution in [2.24, 2.45) is 0 Å². The number of rotatable bonds is 3. The summed E-state index contributed by atoms with van der Waals surface area (Å²) in [5.74, 6) is -0.591. The third kappa shape index (κ3) is 9.18. The first-order valence-corrected chi connectivity index (χ1v) is 18.0. The molecular weight excluding hydrogens is 796 g/mol. The number of nitrogen functional groups attached to an aromatic ring is 1. The molecule has 0 saturated heterocycles. The minimum atomic E-state index is -0.294. The van der Waals surface area contributed by atoms with Gasteiger partial charge in [-0.3, -0.25) is 0 Å². The van der Waals surface area contributed by atoms with Crippen LogP contribution in [-0.4, -0.2) is 44.9 Å². The number of halogens is 6. The lowest BCUT2D eigenvalue weighted by Crippen LogP contribution is -1.99. The number of fused-ring (bicyclic) bond motifs is 3. The molecule has 0 aliphatic heterocycles. The average molecular weight is 822 g/mol. The molecule has 282 valence electrons. The van der Waals surface area contributed by atoms with Gasteiger partial charge < -0.3 is 5.73 Å². The van der Waals surface area contributed by atoms with E-state index in [0.29, 0.717) is 38.8 Å². The van der Waals surface area contributed by atoms with E-state index in [2.05, 4.69) is 44.9 Å². The van der Waals surface area contributed by atoms with Gasteiger partial charge in [0.1, 0.15) is 34.0 Å². The number of aromatic nitrogens is 9. The lowest BCUT2D eigenvalue weighted by molar-refractivity contribution is 0.627. The summed E-state index contributed by atoms with van der Waals surface area (Å²) in [5.41, 5.74) is 15.5. The molecule has 0 atom stereocenters. The fraction of sp³-hybridized carbons (Fsp3) is 0.0488. The molecule has 0 aliphatic carbocycles. The Hall–Kier alpha value is -6.41. The van der Waals surface area contributed by atoms with E-state index in [1.54, 1.807) is 48.5 Å². The van der Waals surface area contributed by atoms with Gasteiger partial charge in [0, 0.05) is 16.7 Å². The Kier molecular flexibility index (Phi) is 11.4. The molecule has 10 nitrogen and oxygen atoms in total. The number of hydrogen-bond acceptors (Lipinski definition) is 10. The number of anilines is 1.